The van der Waals surface area contributed by atoms with Crippen LogP contribution >= 0.6 is 0 Å². The highest BCUT2D eigenvalue weighted by Gasteiger charge is 2.51. The molecule has 2 heterocycles. The molecule has 0 radical (unpaired) electrons. The van der Waals surface area contributed by atoms with Crippen molar-refractivity contribution in [2.24, 2.45) is 5.41 Å². The number of benzene rings is 2. The van der Waals surface area contributed by atoms with Gasteiger partial charge in [-0.25, -0.2) is 4.79 Å². The van der Waals surface area contributed by atoms with Crippen molar-refractivity contribution in [1.82, 2.24) is 20.4 Å². The van der Waals surface area contributed by atoms with E-state index in [1.54, 1.807) is 0 Å². The van der Waals surface area contributed by atoms with Crippen LogP contribution in [0.3, 0.4) is 0 Å². The van der Waals surface area contributed by atoms with Crippen LogP contribution in [0, 0.1) is 5.41 Å². The molecule has 3 N–H and O–H groups in total. The Morgan fingerprint density at radius 2 is 1.68 bits per heavy atom. The molecule has 2 aliphatic rings. The van der Waals surface area contributed by atoms with Gasteiger partial charge in [0, 0.05) is 37.4 Å². The highest BCUT2D eigenvalue weighted by Crippen LogP contribution is 2.58. The third-order valence-electron chi connectivity index (χ3n) is 7.58. The van der Waals surface area contributed by atoms with Gasteiger partial charge in [-0.3, -0.25) is 5.10 Å². The molecule has 1 saturated carbocycles. The van der Waals surface area contributed by atoms with E-state index in [4.69, 9.17) is 14.6 Å². The Morgan fingerprint density at radius 3 is 2.30 bits per heavy atom. The van der Waals surface area contributed by atoms with E-state index in [1.165, 1.54) is 10.5 Å². The van der Waals surface area contributed by atoms with Crippen LogP contribution in [0.4, 0.5) is 4.79 Å². The van der Waals surface area contributed by atoms with Gasteiger partial charge < -0.3 is 24.8 Å². The van der Waals surface area contributed by atoms with Crippen molar-refractivity contribution in [3.8, 4) is 0 Å². The van der Waals surface area contributed by atoms with Gasteiger partial charge in [0.15, 0.2) is 0 Å². The minimum atomic E-state index is -0.882. The zero-order valence-electron chi connectivity index (χ0n) is 21.2. The molecule has 0 saturated heterocycles. The lowest BCUT2D eigenvalue weighted by Gasteiger charge is -2.30. The van der Waals surface area contributed by atoms with Gasteiger partial charge in [0.1, 0.15) is 0 Å². The molecule has 1 fully saturated rings. The molecule has 0 bridgehead atoms. The minimum absolute atomic E-state index is 0.0156. The molecule has 1 aliphatic heterocycles. The lowest BCUT2D eigenvalue weighted by Crippen LogP contribution is -2.37. The molecular formula is C29H36N4O4. The van der Waals surface area contributed by atoms with Gasteiger partial charge in [0.05, 0.1) is 38.1 Å². The number of rotatable bonds is 13. The van der Waals surface area contributed by atoms with Crippen molar-refractivity contribution >= 4 is 6.09 Å². The number of amides is 1. The van der Waals surface area contributed by atoms with E-state index in [0.717, 1.165) is 41.8 Å². The van der Waals surface area contributed by atoms with Gasteiger partial charge in [-0.1, -0.05) is 60.7 Å². The van der Waals surface area contributed by atoms with Crippen molar-refractivity contribution in [1.29, 1.82) is 0 Å². The van der Waals surface area contributed by atoms with E-state index in [-0.39, 0.29) is 11.5 Å². The molecule has 0 spiro atoms. The van der Waals surface area contributed by atoms with Gasteiger partial charge in [0.25, 0.3) is 0 Å². The van der Waals surface area contributed by atoms with Crippen LogP contribution in [0.25, 0.3) is 0 Å². The molecule has 37 heavy (non-hydrogen) atoms. The molecule has 5 rings (SSSR count). The van der Waals surface area contributed by atoms with Crippen LogP contribution < -0.4 is 5.32 Å². The molecule has 8 nitrogen and oxygen atoms in total. The Labute approximate surface area is 218 Å². The predicted octanol–water partition coefficient (Wildman–Crippen LogP) is 4.68. The summed E-state index contributed by atoms with van der Waals surface area (Å²) >= 11 is 0. The average molecular weight is 505 g/mol. The largest absolute Gasteiger partial charge is 0.465 e. The summed E-state index contributed by atoms with van der Waals surface area (Å²) in [6, 6.07) is 20.4. The van der Waals surface area contributed by atoms with Gasteiger partial charge in [-0.15, -0.1) is 0 Å². The smallest absolute Gasteiger partial charge is 0.407 e. The number of nitrogens with zero attached hydrogens (tertiary/aromatic N) is 2. The van der Waals surface area contributed by atoms with E-state index in [0.29, 0.717) is 52.5 Å². The summed E-state index contributed by atoms with van der Waals surface area (Å²) in [7, 11) is 0. The summed E-state index contributed by atoms with van der Waals surface area (Å²) in [5, 5.41) is 21.3. The second-order valence-electron chi connectivity index (χ2n) is 10.1. The SMILES string of the molecule is O=C(O)N1CCc2[nH]nc(C(NCCOCc3ccccc3)C3(CCOCc4ccccc4)CC3)c2C1. The Kier molecular flexibility index (Phi) is 8.18. The maximum absolute atomic E-state index is 11.7. The summed E-state index contributed by atoms with van der Waals surface area (Å²) in [6.07, 6.45) is 2.89. The van der Waals surface area contributed by atoms with Gasteiger partial charge in [-0.2, -0.15) is 5.10 Å². The Morgan fingerprint density at radius 1 is 1.03 bits per heavy atom. The van der Waals surface area contributed by atoms with Gasteiger partial charge >= 0.3 is 6.09 Å². The molecular weight excluding hydrogens is 468 g/mol. The zero-order chi connectivity index (χ0) is 25.5. The number of aromatic amines is 1. The van der Waals surface area contributed by atoms with Crippen LogP contribution in [-0.2, 0) is 35.7 Å². The number of aromatic nitrogens is 2. The topological polar surface area (TPSA) is 99.7 Å². The van der Waals surface area contributed by atoms with Crippen LogP contribution in [-0.4, -0.2) is 52.6 Å². The molecule has 196 valence electrons. The number of carboxylic acid groups (broad SMARTS) is 1. The van der Waals surface area contributed by atoms with E-state index in [1.807, 2.05) is 36.4 Å². The first-order chi connectivity index (χ1) is 18.1. The number of H-pyrrole nitrogens is 1. The fourth-order valence-corrected chi connectivity index (χ4v) is 5.25. The van der Waals surface area contributed by atoms with Gasteiger partial charge in [0.2, 0.25) is 0 Å². The van der Waals surface area contributed by atoms with Crippen LogP contribution in [0.15, 0.2) is 60.7 Å². The molecule has 1 aromatic heterocycles. The molecule has 3 aromatic rings. The fourth-order valence-electron chi connectivity index (χ4n) is 5.25. The summed E-state index contributed by atoms with van der Waals surface area (Å²) < 4.78 is 12.0. The maximum atomic E-state index is 11.7. The van der Waals surface area contributed by atoms with Gasteiger partial charge in [-0.05, 0) is 35.8 Å². The molecule has 1 unspecified atom stereocenters. The number of nitrogens with one attached hydrogen (secondary N) is 2. The second kappa shape index (κ2) is 11.9. The Balaban J connectivity index is 1.24. The van der Waals surface area contributed by atoms with Crippen molar-refractivity contribution < 1.29 is 19.4 Å². The predicted molar refractivity (Wildman–Crippen MR) is 140 cm³/mol. The summed E-state index contributed by atoms with van der Waals surface area (Å²) in [5.74, 6) is 0. The monoisotopic (exact) mass is 504 g/mol. The fraction of sp³-hybridized carbons (Fsp3) is 0.448. The van der Waals surface area contributed by atoms with Crippen molar-refractivity contribution in [2.75, 3.05) is 26.3 Å². The number of fused-ring (bicyclic) bond motifs is 1. The lowest BCUT2D eigenvalue weighted by atomic mass is 9.87. The van der Waals surface area contributed by atoms with E-state index < -0.39 is 6.09 Å². The van der Waals surface area contributed by atoms with Crippen LogP contribution in [0.5, 0.6) is 0 Å². The third kappa shape index (κ3) is 6.39. The van der Waals surface area contributed by atoms with E-state index in [9.17, 15) is 9.90 Å². The number of hydrogen-bond donors (Lipinski definition) is 3. The number of ether oxygens (including phenoxy) is 2. The number of hydrogen-bond acceptors (Lipinski definition) is 5. The van der Waals surface area contributed by atoms with Crippen molar-refractivity contribution in [3.05, 3.63) is 88.7 Å². The minimum Gasteiger partial charge on any atom is -0.465 e. The summed E-state index contributed by atoms with van der Waals surface area (Å²) in [4.78, 5) is 13.2. The molecule has 1 atom stereocenters. The molecule has 2 aromatic carbocycles. The lowest BCUT2D eigenvalue weighted by molar-refractivity contribution is 0.0911. The molecule has 1 aliphatic carbocycles. The Hall–Kier alpha value is -3.20. The van der Waals surface area contributed by atoms with Crippen LogP contribution in [0.2, 0.25) is 0 Å². The van der Waals surface area contributed by atoms with Crippen molar-refractivity contribution in [2.45, 2.75) is 51.5 Å². The highest BCUT2D eigenvalue weighted by atomic mass is 16.5. The number of carbonyl (C=O) groups is 1. The first-order valence-electron chi connectivity index (χ1n) is 13.2. The van der Waals surface area contributed by atoms with E-state index >= 15 is 0 Å². The zero-order valence-corrected chi connectivity index (χ0v) is 21.2. The quantitative estimate of drug-likeness (QED) is 0.292. The first kappa shape index (κ1) is 25.4. The standard InChI is InChI=1S/C29H36N4O4/c34-28(35)33-16-11-25-24(19-33)26(32-31-25)27(30-15-18-37-21-23-9-5-2-6-10-23)29(12-13-29)14-17-36-20-22-7-3-1-4-8-22/h1-10,27,30H,11-21H2,(H,31,32)(H,34,35). The Bertz CT molecular complexity index is 1150. The highest BCUT2D eigenvalue weighted by molar-refractivity contribution is 5.65. The van der Waals surface area contributed by atoms with Crippen LogP contribution in [0.1, 0.15) is 53.4 Å². The average Bonchev–Trinajstić information content (AvgIpc) is 3.60. The third-order valence-corrected chi connectivity index (χ3v) is 7.58. The normalized spacial score (nSPS) is 16.8. The molecule has 1 amide bonds. The van der Waals surface area contributed by atoms with Crippen molar-refractivity contribution in [3.63, 3.8) is 0 Å². The second-order valence-corrected chi connectivity index (χ2v) is 10.1. The first-order valence-corrected chi connectivity index (χ1v) is 13.2. The molecule has 8 heteroatoms. The summed E-state index contributed by atoms with van der Waals surface area (Å²) in [6.45, 7) is 4.00. The maximum Gasteiger partial charge on any atom is 0.407 e. The van der Waals surface area contributed by atoms with E-state index in [2.05, 4.69) is 34.7 Å². The summed E-state index contributed by atoms with van der Waals surface area (Å²) in [5.41, 5.74) is 5.40.